The molecule has 126 valence electrons. The summed E-state index contributed by atoms with van der Waals surface area (Å²) in [6.07, 6.45) is 1.83. The molecule has 3 aromatic carbocycles. The van der Waals surface area contributed by atoms with E-state index >= 15 is 0 Å². The largest absolute Gasteiger partial charge is 0.489 e. The second kappa shape index (κ2) is 8.19. The topological polar surface area (TPSA) is 21.6 Å². The predicted molar refractivity (Wildman–Crippen MR) is 106 cm³/mol. The molecule has 25 heavy (non-hydrogen) atoms. The van der Waals surface area contributed by atoms with E-state index in [1.54, 1.807) is 12.1 Å². The summed E-state index contributed by atoms with van der Waals surface area (Å²) in [4.78, 5) is 4.48. The minimum absolute atomic E-state index is 0.383. The van der Waals surface area contributed by atoms with Crippen LogP contribution < -0.4 is 4.74 Å². The van der Waals surface area contributed by atoms with Gasteiger partial charge in [0, 0.05) is 21.8 Å². The van der Waals surface area contributed by atoms with Gasteiger partial charge in [-0.1, -0.05) is 59.1 Å². The summed E-state index contributed by atoms with van der Waals surface area (Å²) in [6.45, 7) is 2.44. The summed E-state index contributed by atoms with van der Waals surface area (Å²) >= 11 is 12.1. The average molecular weight is 370 g/mol. The van der Waals surface area contributed by atoms with Gasteiger partial charge in [-0.05, 0) is 48.9 Å². The third-order valence-corrected chi connectivity index (χ3v) is 4.25. The first-order valence-corrected chi connectivity index (χ1v) is 8.63. The highest BCUT2D eigenvalue weighted by Gasteiger charge is 2.03. The molecule has 0 unspecified atom stereocenters. The molecule has 0 aliphatic heterocycles. The fourth-order valence-electron chi connectivity index (χ4n) is 2.26. The zero-order valence-corrected chi connectivity index (χ0v) is 15.3. The maximum Gasteiger partial charge on any atom is 0.120 e. The van der Waals surface area contributed by atoms with E-state index in [9.17, 15) is 0 Å². The van der Waals surface area contributed by atoms with Gasteiger partial charge in [0.05, 0.1) is 5.69 Å². The molecule has 0 saturated heterocycles. The van der Waals surface area contributed by atoms with Gasteiger partial charge in [0.15, 0.2) is 0 Å². The van der Waals surface area contributed by atoms with Crippen molar-refractivity contribution in [1.29, 1.82) is 0 Å². The van der Waals surface area contributed by atoms with Gasteiger partial charge < -0.3 is 4.74 Å². The fraction of sp³-hybridized carbons (Fsp3) is 0.0952. The van der Waals surface area contributed by atoms with Gasteiger partial charge in [0.2, 0.25) is 0 Å². The number of rotatable bonds is 5. The van der Waals surface area contributed by atoms with E-state index in [0.717, 1.165) is 22.6 Å². The third kappa shape index (κ3) is 5.09. The summed E-state index contributed by atoms with van der Waals surface area (Å²) in [5.74, 6) is 0.763. The summed E-state index contributed by atoms with van der Waals surface area (Å²) in [7, 11) is 0. The highest BCUT2D eigenvalue weighted by molar-refractivity contribution is 6.35. The van der Waals surface area contributed by atoms with Gasteiger partial charge in [0.1, 0.15) is 12.4 Å². The standard InChI is InChI=1S/C21H17Cl2NO/c1-15-5-9-19(10-6-15)24-13-16-3-2-4-20(11-16)25-14-17-7-8-18(22)12-21(17)23/h2-13H,14H2,1H3. The minimum atomic E-state index is 0.383. The molecule has 3 rings (SSSR count). The van der Waals surface area contributed by atoms with Gasteiger partial charge in [-0.3, -0.25) is 4.99 Å². The number of nitrogens with zero attached hydrogens (tertiary/aromatic N) is 1. The first-order chi connectivity index (χ1) is 12.1. The number of halogens is 2. The molecular weight excluding hydrogens is 353 g/mol. The van der Waals surface area contributed by atoms with Gasteiger partial charge in [-0.25, -0.2) is 0 Å². The van der Waals surface area contributed by atoms with Crippen molar-refractivity contribution in [3.8, 4) is 5.75 Å². The highest BCUT2D eigenvalue weighted by atomic mass is 35.5. The van der Waals surface area contributed by atoms with E-state index in [2.05, 4.69) is 11.9 Å². The van der Waals surface area contributed by atoms with Gasteiger partial charge >= 0.3 is 0 Å². The van der Waals surface area contributed by atoms with Crippen LogP contribution in [-0.4, -0.2) is 6.21 Å². The Morgan fingerprint density at radius 2 is 1.76 bits per heavy atom. The van der Waals surface area contributed by atoms with Crippen LogP contribution in [0.2, 0.25) is 10.0 Å². The van der Waals surface area contributed by atoms with Crippen molar-refractivity contribution >= 4 is 35.1 Å². The van der Waals surface area contributed by atoms with E-state index in [-0.39, 0.29) is 0 Å². The zero-order chi connectivity index (χ0) is 17.6. The lowest BCUT2D eigenvalue weighted by Gasteiger charge is -2.08. The van der Waals surface area contributed by atoms with E-state index in [0.29, 0.717) is 16.7 Å². The van der Waals surface area contributed by atoms with Crippen LogP contribution in [0.25, 0.3) is 0 Å². The highest BCUT2D eigenvalue weighted by Crippen LogP contribution is 2.23. The molecule has 0 heterocycles. The number of aliphatic imine (C=N–C) groups is 1. The van der Waals surface area contributed by atoms with Crippen LogP contribution in [0.15, 0.2) is 71.7 Å². The van der Waals surface area contributed by atoms with Crippen molar-refractivity contribution in [2.45, 2.75) is 13.5 Å². The lowest BCUT2D eigenvalue weighted by Crippen LogP contribution is -1.96. The van der Waals surface area contributed by atoms with Crippen LogP contribution in [0.1, 0.15) is 16.7 Å². The second-order valence-corrected chi connectivity index (χ2v) is 6.53. The second-order valence-electron chi connectivity index (χ2n) is 5.69. The first-order valence-electron chi connectivity index (χ1n) is 7.88. The van der Waals surface area contributed by atoms with Crippen LogP contribution in [-0.2, 0) is 6.61 Å². The molecule has 0 N–H and O–H groups in total. The summed E-state index contributed by atoms with van der Waals surface area (Å²) in [5, 5.41) is 1.22. The number of aryl methyl sites for hydroxylation is 1. The van der Waals surface area contributed by atoms with E-state index in [4.69, 9.17) is 27.9 Å². The molecule has 0 atom stereocenters. The summed E-state index contributed by atoms with van der Waals surface area (Å²) < 4.78 is 5.83. The van der Waals surface area contributed by atoms with Gasteiger partial charge in [-0.2, -0.15) is 0 Å². The maximum atomic E-state index is 6.17. The van der Waals surface area contributed by atoms with Crippen molar-refractivity contribution in [3.63, 3.8) is 0 Å². The van der Waals surface area contributed by atoms with Crippen LogP contribution in [0.5, 0.6) is 5.75 Å². The molecule has 0 radical (unpaired) electrons. The summed E-state index contributed by atoms with van der Waals surface area (Å²) in [6, 6.07) is 21.2. The number of benzene rings is 3. The van der Waals surface area contributed by atoms with Crippen molar-refractivity contribution in [1.82, 2.24) is 0 Å². The molecule has 4 heteroatoms. The SMILES string of the molecule is Cc1ccc(N=Cc2cccc(OCc3ccc(Cl)cc3Cl)c2)cc1. The molecule has 2 nitrogen and oxygen atoms in total. The molecule has 0 aliphatic rings. The molecule has 3 aromatic rings. The first kappa shape index (κ1) is 17.5. The van der Waals surface area contributed by atoms with Gasteiger partial charge in [-0.15, -0.1) is 0 Å². The molecule has 0 spiro atoms. The smallest absolute Gasteiger partial charge is 0.120 e. The monoisotopic (exact) mass is 369 g/mol. The Balaban J connectivity index is 1.67. The Morgan fingerprint density at radius 3 is 2.52 bits per heavy atom. The van der Waals surface area contributed by atoms with Crippen molar-refractivity contribution in [2.24, 2.45) is 4.99 Å². The average Bonchev–Trinajstić information content (AvgIpc) is 2.61. The zero-order valence-electron chi connectivity index (χ0n) is 13.7. The van der Waals surface area contributed by atoms with E-state index in [1.807, 2.05) is 60.8 Å². The Kier molecular flexibility index (Phi) is 5.75. The molecule has 0 fully saturated rings. The normalized spacial score (nSPS) is 11.0. The summed E-state index contributed by atoms with van der Waals surface area (Å²) in [5.41, 5.74) is 4.00. The Hall–Kier alpha value is -2.29. The lowest BCUT2D eigenvalue weighted by molar-refractivity contribution is 0.306. The van der Waals surface area contributed by atoms with Gasteiger partial charge in [0.25, 0.3) is 0 Å². The van der Waals surface area contributed by atoms with Crippen LogP contribution in [0, 0.1) is 6.92 Å². The molecule has 0 amide bonds. The molecule has 0 aliphatic carbocycles. The number of hydrogen-bond acceptors (Lipinski definition) is 2. The molecular formula is C21H17Cl2NO. The Bertz CT molecular complexity index is 889. The van der Waals surface area contributed by atoms with Crippen LogP contribution in [0.3, 0.4) is 0 Å². The van der Waals surface area contributed by atoms with Crippen molar-refractivity contribution in [3.05, 3.63) is 93.5 Å². The third-order valence-electron chi connectivity index (χ3n) is 3.66. The lowest BCUT2D eigenvalue weighted by atomic mass is 10.2. The van der Waals surface area contributed by atoms with E-state index in [1.165, 1.54) is 5.56 Å². The van der Waals surface area contributed by atoms with Crippen LogP contribution in [0.4, 0.5) is 5.69 Å². The Morgan fingerprint density at radius 1 is 0.960 bits per heavy atom. The minimum Gasteiger partial charge on any atom is -0.489 e. The fourth-order valence-corrected chi connectivity index (χ4v) is 2.73. The maximum absolute atomic E-state index is 6.17. The molecule has 0 saturated carbocycles. The number of ether oxygens (including phenoxy) is 1. The molecule has 0 bridgehead atoms. The predicted octanol–water partition coefficient (Wildman–Crippen LogP) is 6.63. The molecule has 0 aromatic heterocycles. The number of hydrogen-bond donors (Lipinski definition) is 0. The van der Waals surface area contributed by atoms with Crippen molar-refractivity contribution < 1.29 is 4.74 Å². The van der Waals surface area contributed by atoms with E-state index < -0.39 is 0 Å². The quantitative estimate of drug-likeness (QED) is 0.462. The Labute approximate surface area is 157 Å². The van der Waals surface area contributed by atoms with Crippen molar-refractivity contribution in [2.75, 3.05) is 0 Å². The van der Waals surface area contributed by atoms with Crippen LogP contribution >= 0.6 is 23.2 Å².